The molecule has 0 bridgehead atoms. The number of hydrogen-bond acceptors (Lipinski definition) is 6. The number of halogens is 2. The van der Waals surface area contributed by atoms with E-state index in [4.69, 9.17) is 4.74 Å². The number of aliphatic hydroxyl groups is 1. The summed E-state index contributed by atoms with van der Waals surface area (Å²) in [6.45, 7) is 4.49. The molecule has 29 heavy (non-hydrogen) atoms. The summed E-state index contributed by atoms with van der Waals surface area (Å²) in [5.74, 6) is 0.197. The molecule has 2 fully saturated rings. The second-order valence-corrected chi connectivity index (χ2v) is 9.99. The van der Waals surface area contributed by atoms with Crippen LogP contribution in [-0.4, -0.2) is 65.9 Å². The predicted molar refractivity (Wildman–Crippen MR) is 115 cm³/mol. The van der Waals surface area contributed by atoms with Crippen LogP contribution in [0.15, 0.2) is 16.6 Å². The Hall–Kier alpha value is -1.51. The molecule has 1 saturated heterocycles. The molecular weight excluding hydrogens is 439 g/mol. The molecule has 1 aliphatic heterocycles. The van der Waals surface area contributed by atoms with Crippen molar-refractivity contribution >= 4 is 32.7 Å². The van der Waals surface area contributed by atoms with Crippen molar-refractivity contribution in [2.24, 2.45) is 5.41 Å². The topological polar surface area (TPSA) is 61.7 Å². The van der Waals surface area contributed by atoms with Crippen molar-refractivity contribution in [3.8, 4) is 6.01 Å². The highest BCUT2D eigenvalue weighted by molar-refractivity contribution is 9.10. The fourth-order valence-corrected chi connectivity index (χ4v) is 4.54. The highest BCUT2D eigenvalue weighted by Gasteiger charge is 2.44. The molecule has 2 aromatic rings. The molecule has 1 saturated carbocycles. The van der Waals surface area contributed by atoms with Crippen molar-refractivity contribution in [1.82, 2.24) is 14.9 Å². The smallest absolute Gasteiger partial charge is 0.319 e. The van der Waals surface area contributed by atoms with E-state index in [1.54, 1.807) is 6.07 Å². The van der Waals surface area contributed by atoms with Crippen LogP contribution in [0.5, 0.6) is 6.01 Å². The SMILES string of the molecule is CN(C)CC1(COc2nc(N3CCC[C@@](C)(O)C3)c3ccc(Br)c(F)c3n2)CC1. The number of β-amino-alcohol motifs (C(OH)–C–C–N with tert-alkyl or cyclic N) is 1. The van der Waals surface area contributed by atoms with E-state index in [1.165, 1.54) is 0 Å². The van der Waals surface area contributed by atoms with Crippen LogP contribution >= 0.6 is 15.9 Å². The highest BCUT2D eigenvalue weighted by atomic mass is 79.9. The van der Waals surface area contributed by atoms with Crippen molar-refractivity contribution in [2.45, 2.75) is 38.2 Å². The summed E-state index contributed by atoms with van der Waals surface area (Å²) in [4.78, 5) is 13.2. The summed E-state index contributed by atoms with van der Waals surface area (Å²) < 4.78 is 21.2. The number of benzene rings is 1. The van der Waals surface area contributed by atoms with Gasteiger partial charge < -0.3 is 19.6 Å². The Balaban J connectivity index is 1.69. The molecule has 4 rings (SSSR count). The number of anilines is 1. The predicted octanol–water partition coefficient (Wildman–Crippen LogP) is 3.60. The number of hydrogen-bond donors (Lipinski definition) is 1. The Kier molecular flexibility index (Phi) is 5.46. The lowest BCUT2D eigenvalue weighted by molar-refractivity contribution is 0.0447. The van der Waals surface area contributed by atoms with Gasteiger partial charge in [0, 0.05) is 30.4 Å². The number of piperidine rings is 1. The molecule has 0 spiro atoms. The molecule has 0 amide bonds. The van der Waals surface area contributed by atoms with Crippen molar-refractivity contribution in [1.29, 1.82) is 0 Å². The first-order valence-corrected chi connectivity index (χ1v) is 10.9. The largest absolute Gasteiger partial charge is 0.463 e. The monoisotopic (exact) mass is 466 g/mol. The van der Waals surface area contributed by atoms with Gasteiger partial charge in [-0.25, -0.2) is 4.39 Å². The van der Waals surface area contributed by atoms with Crippen LogP contribution in [0.3, 0.4) is 0 Å². The second-order valence-electron chi connectivity index (χ2n) is 9.14. The molecule has 2 aliphatic rings. The Labute approximate surface area is 179 Å². The molecule has 8 heteroatoms. The molecule has 1 atom stereocenters. The standard InChI is InChI=1S/C21H28BrFN4O2/c1-20(28)7-4-10-27(11-20)18-14-5-6-15(22)16(23)17(14)24-19(25-18)29-13-21(8-9-21)12-26(2)3/h5-6,28H,4,7-13H2,1-3H3/t20-/m1/s1. The maximum atomic E-state index is 14.9. The minimum absolute atomic E-state index is 0.132. The first kappa shape index (κ1) is 20.8. The van der Waals surface area contributed by atoms with Gasteiger partial charge in [0.15, 0.2) is 5.82 Å². The van der Waals surface area contributed by atoms with E-state index in [0.717, 1.165) is 38.8 Å². The highest BCUT2D eigenvalue weighted by Crippen LogP contribution is 2.46. The van der Waals surface area contributed by atoms with Gasteiger partial charge in [-0.05, 0) is 74.8 Å². The molecule has 6 nitrogen and oxygen atoms in total. The van der Waals surface area contributed by atoms with Gasteiger partial charge in [0.1, 0.15) is 11.3 Å². The van der Waals surface area contributed by atoms with E-state index in [2.05, 4.69) is 44.9 Å². The van der Waals surface area contributed by atoms with Gasteiger partial charge in [0.25, 0.3) is 0 Å². The van der Waals surface area contributed by atoms with E-state index in [-0.39, 0.29) is 16.9 Å². The van der Waals surface area contributed by atoms with Gasteiger partial charge in [0.2, 0.25) is 0 Å². The van der Waals surface area contributed by atoms with E-state index >= 15 is 0 Å². The van der Waals surface area contributed by atoms with Gasteiger partial charge in [0.05, 0.1) is 16.7 Å². The molecule has 0 unspecified atom stereocenters. The zero-order chi connectivity index (χ0) is 20.8. The first-order chi connectivity index (χ1) is 13.7. The van der Waals surface area contributed by atoms with Crippen molar-refractivity contribution in [3.63, 3.8) is 0 Å². The lowest BCUT2D eigenvalue weighted by Gasteiger charge is -2.38. The number of ether oxygens (including phenoxy) is 1. The zero-order valence-electron chi connectivity index (χ0n) is 17.2. The lowest BCUT2D eigenvalue weighted by atomic mass is 9.95. The lowest BCUT2D eigenvalue weighted by Crippen LogP contribution is -2.46. The van der Waals surface area contributed by atoms with Gasteiger partial charge in [-0.1, -0.05) is 0 Å². The summed E-state index contributed by atoms with van der Waals surface area (Å²) in [7, 11) is 4.11. The van der Waals surface area contributed by atoms with Crippen LogP contribution in [0.4, 0.5) is 10.2 Å². The fraction of sp³-hybridized carbons (Fsp3) is 0.619. The third-order valence-electron chi connectivity index (χ3n) is 5.81. The van der Waals surface area contributed by atoms with Crippen molar-refractivity contribution in [3.05, 3.63) is 22.4 Å². The molecule has 1 aromatic heterocycles. The van der Waals surface area contributed by atoms with Crippen molar-refractivity contribution in [2.75, 3.05) is 45.2 Å². The van der Waals surface area contributed by atoms with Crippen LogP contribution in [0, 0.1) is 11.2 Å². The quantitative estimate of drug-likeness (QED) is 0.701. The first-order valence-electron chi connectivity index (χ1n) is 10.1. The number of rotatable bonds is 6. The molecule has 1 N–H and O–H groups in total. The Bertz CT molecular complexity index is 917. The number of aromatic nitrogens is 2. The third kappa shape index (κ3) is 4.49. The Morgan fingerprint density at radius 1 is 1.28 bits per heavy atom. The Morgan fingerprint density at radius 2 is 2.03 bits per heavy atom. The summed E-state index contributed by atoms with van der Waals surface area (Å²) >= 11 is 3.25. The second kappa shape index (κ2) is 7.63. The molecule has 1 aliphatic carbocycles. The maximum absolute atomic E-state index is 14.9. The van der Waals surface area contributed by atoms with Crippen LogP contribution in [0.2, 0.25) is 0 Å². The van der Waals surface area contributed by atoms with E-state index in [1.807, 2.05) is 17.9 Å². The molecule has 158 valence electrons. The van der Waals surface area contributed by atoms with E-state index in [9.17, 15) is 9.50 Å². The minimum Gasteiger partial charge on any atom is -0.463 e. The van der Waals surface area contributed by atoms with Gasteiger partial charge >= 0.3 is 6.01 Å². The third-order valence-corrected chi connectivity index (χ3v) is 6.42. The normalized spacial score (nSPS) is 23.6. The molecular formula is C21H28BrFN4O2. The summed E-state index contributed by atoms with van der Waals surface area (Å²) in [6.07, 6.45) is 3.81. The average Bonchev–Trinajstić information content (AvgIpc) is 3.41. The van der Waals surface area contributed by atoms with Crippen LogP contribution in [-0.2, 0) is 0 Å². The fourth-order valence-electron chi connectivity index (χ4n) is 4.22. The summed E-state index contributed by atoms with van der Waals surface area (Å²) in [5.41, 5.74) is -0.428. The van der Waals surface area contributed by atoms with Crippen LogP contribution in [0.1, 0.15) is 32.6 Å². The Morgan fingerprint density at radius 3 is 2.69 bits per heavy atom. The average molecular weight is 467 g/mol. The van der Waals surface area contributed by atoms with Crippen LogP contribution in [0.25, 0.3) is 10.9 Å². The van der Waals surface area contributed by atoms with E-state index in [0.29, 0.717) is 28.8 Å². The summed E-state index contributed by atoms with van der Waals surface area (Å²) in [6, 6.07) is 3.68. The summed E-state index contributed by atoms with van der Waals surface area (Å²) in [5, 5.41) is 11.2. The van der Waals surface area contributed by atoms with Crippen LogP contribution < -0.4 is 9.64 Å². The minimum atomic E-state index is -0.797. The number of fused-ring (bicyclic) bond motifs is 1. The maximum Gasteiger partial charge on any atom is 0.319 e. The van der Waals surface area contributed by atoms with Gasteiger partial charge in [-0.15, -0.1) is 0 Å². The number of nitrogens with zero attached hydrogens (tertiary/aromatic N) is 4. The van der Waals surface area contributed by atoms with Crippen molar-refractivity contribution < 1.29 is 14.2 Å². The molecule has 1 aromatic carbocycles. The zero-order valence-corrected chi connectivity index (χ0v) is 18.8. The van der Waals surface area contributed by atoms with E-state index < -0.39 is 11.4 Å². The van der Waals surface area contributed by atoms with Gasteiger partial charge in [-0.2, -0.15) is 9.97 Å². The van der Waals surface area contributed by atoms with Gasteiger partial charge in [-0.3, -0.25) is 0 Å². The molecule has 0 radical (unpaired) electrons. The molecule has 2 heterocycles.